The van der Waals surface area contributed by atoms with Crippen molar-refractivity contribution >= 4 is 22.6 Å². The van der Waals surface area contributed by atoms with Crippen LogP contribution in [0, 0.1) is 5.82 Å². The molecule has 1 aliphatic heterocycles. The molecule has 2 aromatic heterocycles. The summed E-state index contributed by atoms with van der Waals surface area (Å²) in [6.45, 7) is 4.82. The van der Waals surface area contributed by atoms with Crippen LogP contribution in [0.2, 0.25) is 0 Å². The van der Waals surface area contributed by atoms with Crippen LogP contribution in [0.3, 0.4) is 0 Å². The van der Waals surface area contributed by atoms with E-state index >= 15 is 0 Å². The zero-order valence-corrected chi connectivity index (χ0v) is 19.8. The highest BCUT2D eigenvalue weighted by Crippen LogP contribution is 2.39. The number of ether oxygens (including phenoxy) is 1. The zero-order chi connectivity index (χ0) is 25.4. The third-order valence-corrected chi connectivity index (χ3v) is 7.50. The number of halogens is 4. The van der Waals surface area contributed by atoms with Crippen molar-refractivity contribution in [2.45, 2.75) is 29.7 Å². The Labute approximate surface area is 201 Å². The fraction of sp³-hybridized carbons (Fsp3) is 0.348. The smallest absolute Gasteiger partial charge is 0.384 e. The summed E-state index contributed by atoms with van der Waals surface area (Å²) in [4.78, 5) is 14.5. The molecule has 7 nitrogen and oxygen atoms in total. The zero-order valence-electron chi connectivity index (χ0n) is 19.0. The molecule has 4 rings (SSSR count). The molecule has 35 heavy (non-hydrogen) atoms. The third kappa shape index (κ3) is 5.13. The van der Waals surface area contributed by atoms with Gasteiger partial charge in [0.15, 0.2) is 0 Å². The minimum Gasteiger partial charge on any atom is -0.384 e. The Morgan fingerprint density at radius 2 is 1.77 bits per heavy atom. The molecule has 0 radical (unpaired) electrons. The average Bonchev–Trinajstić information content (AvgIpc) is 2.83. The molecule has 1 unspecified atom stereocenters. The second-order valence-corrected chi connectivity index (χ2v) is 10.4. The van der Waals surface area contributed by atoms with Gasteiger partial charge in [-0.15, -0.1) is 0 Å². The summed E-state index contributed by atoms with van der Waals surface area (Å²) in [7, 11) is -1.93. The molecule has 0 bridgehead atoms. The SMILES string of the molecule is CC(C)(c1cc(-c2cnc(N)cc2C(F)(F)F)nc(N2CCOCC2)n1)S(=O)c1ccccc1F. The molecule has 3 heterocycles. The molecular weight excluding hydrogens is 486 g/mol. The first-order valence-corrected chi connectivity index (χ1v) is 11.8. The van der Waals surface area contributed by atoms with E-state index < -0.39 is 33.1 Å². The van der Waals surface area contributed by atoms with Crippen LogP contribution in [-0.4, -0.2) is 45.5 Å². The average molecular weight is 510 g/mol. The number of alkyl halides is 3. The largest absolute Gasteiger partial charge is 0.417 e. The van der Waals surface area contributed by atoms with Gasteiger partial charge in [-0.3, -0.25) is 4.21 Å². The Morgan fingerprint density at radius 1 is 1.09 bits per heavy atom. The summed E-state index contributed by atoms with van der Waals surface area (Å²) in [5.41, 5.74) is 4.36. The van der Waals surface area contributed by atoms with Crippen molar-refractivity contribution in [2.24, 2.45) is 0 Å². The molecule has 2 N–H and O–H groups in total. The minimum atomic E-state index is -4.72. The number of hydrogen-bond acceptors (Lipinski definition) is 7. The van der Waals surface area contributed by atoms with E-state index in [0.29, 0.717) is 26.3 Å². The fourth-order valence-corrected chi connectivity index (χ4v) is 4.95. The quantitative estimate of drug-likeness (QED) is 0.516. The second-order valence-electron chi connectivity index (χ2n) is 8.40. The summed E-state index contributed by atoms with van der Waals surface area (Å²) in [6, 6.07) is 7.73. The van der Waals surface area contributed by atoms with Crippen molar-refractivity contribution in [1.82, 2.24) is 15.0 Å². The van der Waals surface area contributed by atoms with Gasteiger partial charge in [-0.05, 0) is 38.1 Å². The molecule has 1 atom stereocenters. The summed E-state index contributed by atoms with van der Waals surface area (Å²) in [6.07, 6.45) is -3.71. The van der Waals surface area contributed by atoms with Crippen molar-refractivity contribution in [2.75, 3.05) is 36.9 Å². The van der Waals surface area contributed by atoms with Gasteiger partial charge < -0.3 is 15.4 Å². The van der Waals surface area contributed by atoms with Crippen molar-refractivity contribution in [1.29, 1.82) is 0 Å². The summed E-state index contributed by atoms with van der Waals surface area (Å²) in [5, 5.41) is 0. The molecule has 0 aliphatic carbocycles. The highest BCUT2D eigenvalue weighted by molar-refractivity contribution is 7.86. The number of nitrogen functional groups attached to an aromatic ring is 1. The van der Waals surface area contributed by atoms with Gasteiger partial charge >= 0.3 is 6.18 Å². The highest BCUT2D eigenvalue weighted by Gasteiger charge is 2.37. The van der Waals surface area contributed by atoms with Crippen LogP contribution in [0.15, 0.2) is 47.5 Å². The van der Waals surface area contributed by atoms with Crippen molar-refractivity contribution in [3.63, 3.8) is 0 Å². The van der Waals surface area contributed by atoms with Gasteiger partial charge in [0.25, 0.3) is 0 Å². The molecule has 3 aromatic rings. The van der Waals surface area contributed by atoms with E-state index in [9.17, 15) is 21.8 Å². The Morgan fingerprint density at radius 3 is 2.43 bits per heavy atom. The number of pyridine rings is 1. The Hall–Kier alpha value is -3.12. The molecule has 0 spiro atoms. The fourth-order valence-electron chi connectivity index (χ4n) is 3.66. The van der Waals surface area contributed by atoms with Gasteiger partial charge in [-0.25, -0.2) is 19.3 Å². The number of rotatable bonds is 5. The number of nitrogens with zero attached hydrogens (tertiary/aromatic N) is 4. The number of anilines is 2. The van der Waals surface area contributed by atoms with Crippen LogP contribution in [0.1, 0.15) is 25.1 Å². The molecular formula is C23H23F4N5O2S. The summed E-state index contributed by atoms with van der Waals surface area (Å²) in [5.74, 6) is -0.780. The number of hydrogen-bond donors (Lipinski definition) is 1. The maximum Gasteiger partial charge on any atom is 0.417 e. The second kappa shape index (κ2) is 9.50. The Balaban J connectivity index is 1.90. The van der Waals surface area contributed by atoms with Crippen LogP contribution < -0.4 is 10.6 Å². The molecule has 1 saturated heterocycles. The monoisotopic (exact) mass is 509 g/mol. The number of benzene rings is 1. The molecule has 1 fully saturated rings. The van der Waals surface area contributed by atoms with Crippen LogP contribution >= 0.6 is 0 Å². The Kier molecular flexibility index (Phi) is 6.78. The highest BCUT2D eigenvalue weighted by atomic mass is 32.2. The van der Waals surface area contributed by atoms with E-state index in [-0.39, 0.29) is 33.6 Å². The number of aromatic nitrogens is 3. The van der Waals surface area contributed by atoms with Gasteiger partial charge in [0.1, 0.15) is 11.6 Å². The lowest BCUT2D eigenvalue weighted by Crippen LogP contribution is -2.38. The third-order valence-electron chi connectivity index (χ3n) is 5.63. The van der Waals surface area contributed by atoms with Crippen molar-refractivity contribution < 1.29 is 26.5 Å². The van der Waals surface area contributed by atoms with E-state index in [1.165, 1.54) is 24.3 Å². The van der Waals surface area contributed by atoms with E-state index in [1.54, 1.807) is 24.8 Å². The number of morpholine rings is 1. The maximum absolute atomic E-state index is 14.4. The van der Waals surface area contributed by atoms with Crippen LogP contribution in [0.25, 0.3) is 11.3 Å². The van der Waals surface area contributed by atoms with E-state index in [2.05, 4.69) is 15.0 Å². The van der Waals surface area contributed by atoms with Gasteiger partial charge in [-0.1, -0.05) is 12.1 Å². The first-order chi connectivity index (χ1) is 16.5. The topological polar surface area (TPSA) is 94.2 Å². The minimum absolute atomic E-state index is 0.0317. The van der Waals surface area contributed by atoms with Gasteiger partial charge in [0.2, 0.25) is 5.95 Å². The van der Waals surface area contributed by atoms with Crippen LogP contribution in [0.5, 0.6) is 0 Å². The molecule has 186 valence electrons. The Bertz CT molecular complexity index is 1260. The number of nitrogens with two attached hydrogens (primary N) is 1. The molecule has 12 heteroatoms. The van der Waals surface area contributed by atoms with E-state index in [1.807, 2.05) is 0 Å². The lowest BCUT2D eigenvalue weighted by molar-refractivity contribution is -0.137. The van der Waals surface area contributed by atoms with Gasteiger partial charge in [0.05, 0.1) is 50.6 Å². The first-order valence-electron chi connectivity index (χ1n) is 10.7. The summed E-state index contributed by atoms with van der Waals surface area (Å²) < 4.78 is 73.5. The van der Waals surface area contributed by atoms with Gasteiger partial charge in [0, 0.05) is 24.8 Å². The standard InChI is InChI=1S/C23H23F4N5O2S/c1-22(2,35(33)18-6-4-3-5-16(18)24)19-12-17(30-21(31-19)32-7-9-34-10-8-32)14-13-29-20(28)11-15(14)23(25,26)27/h3-6,11-13H,7-10H2,1-2H3,(H2,28,29). The van der Waals surface area contributed by atoms with Crippen molar-refractivity contribution in [3.8, 4) is 11.3 Å². The lowest BCUT2D eigenvalue weighted by Gasteiger charge is -2.30. The molecule has 0 amide bonds. The van der Waals surface area contributed by atoms with Crippen LogP contribution in [-0.2, 0) is 26.5 Å². The molecule has 1 aliphatic rings. The van der Waals surface area contributed by atoms with Crippen LogP contribution in [0.4, 0.5) is 29.3 Å². The summed E-state index contributed by atoms with van der Waals surface area (Å²) >= 11 is 0. The normalized spacial score (nSPS) is 15.8. The lowest BCUT2D eigenvalue weighted by atomic mass is 10.0. The predicted molar refractivity (Wildman–Crippen MR) is 124 cm³/mol. The maximum atomic E-state index is 14.4. The molecule has 0 saturated carbocycles. The first kappa shape index (κ1) is 25.0. The van der Waals surface area contributed by atoms with E-state index in [0.717, 1.165) is 12.3 Å². The van der Waals surface area contributed by atoms with E-state index in [4.69, 9.17) is 10.5 Å². The van der Waals surface area contributed by atoms with Gasteiger partial charge in [-0.2, -0.15) is 13.2 Å². The molecule has 1 aromatic carbocycles. The predicted octanol–water partition coefficient (Wildman–Crippen LogP) is 4.16. The van der Waals surface area contributed by atoms with Crippen molar-refractivity contribution in [3.05, 3.63) is 59.7 Å².